The third-order valence-electron chi connectivity index (χ3n) is 4.02. The molecule has 7 heteroatoms. The lowest BCUT2D eigenvalue weighted by Crippen LogP contribution is -2.46. The minimum absolute atomic E-state index is 0.0618. The van der Waals surface area contributed by atoms with Gasteiger partial charge in [0.15, 0.2) is 0 Å². The van der Waals surface area contributed by atoms with Crippen molar-refractivity contribution in [2.45, 2.75) is 37.1 Å². The van der Waals surface area contributed by atoms with E-state index in [-0.39, 0.29) is 16.8 Å². The van der Waals surface area contributed by atoms with Crippen LogP contribution in [0.2, 0.25) is 0 Å². The van der Waals surface area contributed by atoms with Gasteiger partial charge in [-0.3, -0.25) is 4.79 Å². The largest absolute Gasteiger partial charge is 0.384 e. The summed E-state index contributed by atoms with van der Waals surface area (Å²) in [6, 6.07) is 6.66. The van der Waals surface area contributed by atoms with Crippen molar-refractivity contribution >= 4 is 15.9 Å². The lowest BCUT2D eigenvalue weighted by atomic mass is 10.1. The van der Waals surface area contributed by atoms with E-state index in [0.717, 1.165) is 5.56 Å². The van der Waals surface area contributed by atoms with Gasteiger partial charge in [0.2, 0.25) is 15.9 Å². The smallest absolute Gasteiger partial charge is 0.240 e. The number of benzene rings is 1. The minimum Gasteiger partial charge on any atom is -0.384 e. The summed E-state index contributed by atoms with van der Waals surface area (Å²) in [4.78, 5) is 14.0. The van der Waals surface area contributed by atoms with E-state index < -0.39 is 10.0 Å². The number of hydrogen-bond donors (Lipinski definition) is 1. The number of rotatable bonds is 6. The monoisotopic (exact) mass is 340 g/mol. The molecule has 1 saturated heterocycles. The topological polar surface area (TPSA) is 75.7 Å². The van der Waals surface area contributed by atoms with Gasteiger partial charge >= 0.3 is 0 Å². The molecule has 1 aliphatic heterocycles. The molecule has 1 fully saturated rings. The molecule has 2 rings (SSSR count). The average Bonchev–Trinajstić information content (AvgIpc) is 2.53. The van der Waals surface area contributed by atoms with Crippen LogP contribution in [0.25, 0.3) is 0 Å². The Morgan fingerprint density at radius 3 is 2.43 bits per heavy atom. The zero-order valence-corrected chi connectivity index (χ0v) is 14.4. The molecular formula is C16H24N2O4S. The molecule has 1 amide bonds. The highest BCUT2D eigenvalue weighted by Gasteiger charge is 2.26. The summed E-state index contributed by atoms with van der Waals surface area (Å²) < 4.78 is 32.4. The van der Waals surface area contributed by atoms with Gasteiger partial charge in [0.1, 0.15) is 0 Å². The summed E-state index contributed by atoms with van der Waals surface area (Å²) in [7, 11) is -1.93. The molecule has 23 heavy (non-hydrogen) atoms. The predicted octanol–water partition coefficient (Wildman–Crippen LogP) is 1.30. The van der Waals surface area contributed by atoms with Crippen molar-refractivity contribution in [1.82, 2.24) is 9.62 Å². The number of nitrogens with one attached hydrogen (secondary N) is 1. The molecule has 6 nitrogen and oxygen atoms in total. The Hall–Kier alpha value is -1.44. The van der Waals surface area contributed by atoms with Crippen LogP contribution in [0.4, 0.5) is 0 Å². The lowest BCUT2D eigenvalue weighted by molar-refractivity contribution is -0.133. The SMILES string of the molecule is COCCC(=O)N1CCC(NS(=O)(=O)c2ccc(C)cc2)CC1. The maximum atomic E-state index is 12.4. The molecule has 0 radical (unpaired) electrons. The van der Waals surface area contributed by atoms with Gasteiger partial charge in [-0.1, -0.05) is 17.7 Å². The normalized spacial score (nSPS) is 16.5. The Bertz CT molecular complexity index is 620. The van der Waals surface area contributed by atoms with E-state index >= 15 is 0 Å². The van der Waals surface area contributed by atoms with Crippen LogP contribution in [0, 0.1) is 6.92 Å². The van der Waals surface area contributed by atoms with Gasteiger partial charge in [-0.25, -0.2) is 13.1 Å². The van der Waals surface area contributed by atoms with E-state index in [4.69, 9.17) is 4.74 Å². The van der Waals surface area contributed by atoms with Gasteiger partial charge in [-0.2, -0.15) is 0 Å². The second-order valence-corrected chi connectivity index (χ2v) is 7.55. The molecule has 0 atom stereocenters. The number of hydrogen-bond acceptors (Lipinski definition) is 4. The van der Waals surface area contributed by atoms with Gasteiger partial charge in [-0.15, -0.1) is 0 Å². The standard InChI is InChI=1S/C16H24N2O4S/c1-13-3-5-15(6-4-13)23(20,21)17-14-7-10-18(11-8-14)16(19)9-12-22-2/h3-6,14,17H,7-12H2,1-2H3. The molecule has 1 N–H and O–H groups in total. The maximum absolute atomic E-state index is 12.4. The number of aryl methyl sites for hydroxylation is 1. The first-order valence-corrected chi connectivity index (χ1v) is 9.26. The Labute approximate surface area is 137 Å². The highest BCUT2D eigenvalue weighted by Crippen LogP contribution is 2.16. The van der Waals surface area contributed by atoms with Crippen LogP contribution in [0.15, 0.2) is 29.2 Å². The summed E-state index contributed by atoms with van der Waals surface area (Å²) in [6.45, 7) is 3.48. The van der Waals surface area contributed by atoms with Crippen molar-refractivity contribution in [2.75, 3.05) is 26.8 Å². The first-order valence-electron chi connectivity index (χ1n) is 7.78. The summed E-state index contributed by atoms with van der Waals surface area (Å²) in [5.74, 6) is 0.0618. The molecule has 0 unspecified atom stereocenters. The van der Waals surface area contributed by atoms with Crippen LogP contribution in [-0.4, -0.2) is 52.1 Å². The Kier molecular flexibility index (Phi) is 6.15. The van der Waals surface area contributed by atoms with E-state index in [1.165, 1.54) is 0 Å². The van der Waals surface area contributed by atoms with Crippen LogP contribution in [0.5, 0.6) is 0 Å². The second kappa shape index (κ2) is 7.90. The number of nitrogens with zero attached hydrogens (tertiary/aromatic N) is 1. The van der Waals surface area contributed by atoms with E-state index in [0.29, 0.717) is 39.0 Å². The number of carbonyl (C=O) groups excluding carboxylic acids is 1. The fourth-order valence-corrected chi connectivity index (χ4v) is 3.90. The van der Waals surface area contributed by atoms with Gasteiger partial charge in [0, 0.05) is 26.2 Å². The zero-order valence-electron chi connectivity index (χ0n) is 13.6. The number of methoxy groups -OCH3 is 1. The Morgan fingerprint density at radius 1 is 1.26 bits per heavy atom. The fraction of sp³-hybridized carbons (Fsp3) is 0.562. The van der Waals surface area contributed by atoms with E-state index in [9.17, 15) is 13.2 Å². The quantitative estimate of drug-likeness (QED) is 0.847. The van der Waals surface area contributed by atoms with Crippen molar-refractivity contribution in [3.05, 3.63) is 29.8 Å². The third-order valence-corrected chi connectivity index (χ3v) is 5.56. The number of amides is 1. The van der Waals surface area contributed by atoms with Crippen LogP contribution < -0.4 is 4.72 Å². The maximum Gasteiger partial charge on any atom is 0.240 e. The Morgan fingerprint density at radius 2 is 1.87 bits per heavy atom. The molecular weight excluding hydrogens is 316 g/mol. The van der Waals surface area contributed by atoms with E-state index in [1.807, 2.05) is 6.92 Å². The highest BCUT2D eigenvalue weighted by atomic mass is 32.2. The third kappa shape index (κ3) is 5.02. The van der Waals surface area contributed by atoms with Crippen LogP contribution in [-0.2, 0) is 19.6 Å². The van der Waals surface area contributed by atoms with Crippen molar-refractivity contribution in [2.24, 2.45) is 0 Å². The molecule has 128 valence electrons. The summed E-state index contributed by atoms with van der Waals surface area (Å²) in [6.07, 6.45) is 1.63. The van der Waals surface area contributed by atoms with Gasteiger partial charge in [0.05, 0.1) is 17.9 Å². The molecule has 0 saturated carbocycles. The molecule has 1 aromatic rings. The van der Waals surface area contributed by atoms with Crippen molar-refractivity contribution in [1.29, 1.82) is 0 Å². The van der Waals surface area contributed by atoms with Crippen LogP contribution in [0.3, 0.4) is 0 Å². The number of likely N-dealkylation sites (tertiary alicyclic amines) is 1. The van der Waals surface area contributed by atoms with Crippen molar-refractivity contribution in [3.63, 3.8) is 0 Å². The molecule has 0 spiro atoms. The molecule has 1 heterocycles. The number of ether oxygens (including phenoxy) is 1. The molecule has 1 aromatic carbocycles. The van der Waals surface area contributed by atoms with Crippen LogP contribution >= 0.6 is 0 Å². The molecule has 1 aliphatic rings. The van der Waals surface area contributed by atoms with Gasteiger partial charge in [0.25, 0.3) is 0 Å². The summed E-state index contributed by atoms with van der Waals surface area (Å²) in [5, 5.41) is 0. The van der Waals surface area contributed by atoms with Gasteiger partial charge in [-0.05, 0) is 31.9 Å². The summed E-state index contributed by atoms with van der Waals surface area (Å²) in [5.41, 5.74) is 1.02. The number of carbonyl (C=O) groups is 1. The number of piperidine rings is 1. The van der Waals surface area contributed by atoms with Gasteiger partial charge < -0.3 is 9.64 Å². The molecule has 0 aromatic heterocycles. The first kappa shape index (κ1) is 17.9. The average molecular weight is 340 g/mol. The fourth-order valence-electron chi connectivity index (χ4n) is 2.60. The van der Waals surface area contributed by atoms with E-state index in [2.05, 4.69) is 4.72 Å². The predicted molar refractivity (Wildman–Crippen MR) is 87.6 cm³/mol. The minimum atomic E-state index is -3.50. The van der Waals surface area contributed by atoms with Crippen LogP contribution in [0.1, 0.15) is 24.8 Å². The highest BCUT2D eigenvalue weighted by molar-refractivity contribution is 7.89. The van der Waals surface area contributed by atoms with Crippen molar-refractivity contribution < 1.29 is 17.9 Å². The number of sulfonamides is 1. The molecule has 0 aliphatic carbocycles. The lowest BCUT2D eigenvalue weighted by Gasteiger charge is -2.32. The first-order chi connectivity index (χ1) is 10.9. The second-order valence-electron chi connectivity index (χ2n) is 5.83. The zero-order chi connectivity index (χ0) is 16.9. The van der Waals surface area contributed by atoms with E-state index in [1.54, 1.807) is 36.3 Å². The van der Waals surface area contributed by atoms with Crippen molar-refractivity contribution in [3.8, 4) is 0 Å². The molecule has 0 bridgehead atoms. The summed E-state index contributed by atoms with van der Waals surface area (Å²) >= 11 is 0. The Balaban J connectivity index is 1.88.